The van der Waals surface area contributed by atoms with Crippen molar-refractivity contribution in [3.63, 3.8) is 0 Å². The summed E-state index contributed by atoms with van der Waals surface area (Å²) in [6.45, 7) is 3.46. The normalized spacial score (nSPS) is 10.3. The number of aryl methyl sites for hydroxylation is 1. The maximum atomic E-state index is 12.6. The van der Waals surface area contributed by atoms with Crippen molar-refractivity contribution in [2.75, 3.05) is 23.8 Å². The van der Waals surface area contributed by atoms with Gasteiger partial charge in [0.1, 0.15) is 0 Å². The zero-order valence-electron chi connectivity index (χ0n) is 21.0. The van der Waals surface area contributed by atoms with E-state index in [1.807, 2.05) is 60.7 Å². The number of rotatable bonds is 12. The molecule has 0 radical (unpaired) electrons. The van der Waals surface area contributed by atoms with Crippen molar-refractivity contribution in [1.29, 1.82) is 0 Å². The lowest BCUT2D eigenvalue weighted by Crippen LogP contribution is -2.37. The fourth-order valence-corrected chi connectivity index (χ4v) is 3.88. The molecule has 0 aromatic heterocycles. The Hall–Kier alpha value is -3.51. The van der Waals surface area contributed by atoms with Crippen LogP contribution in [-0.2, 0) is 17.8 Å². The van der Waals surface area contributed by atoms with Gasteiger partial charge in [0.2, 0.25) is 0 Å². The number of hydrogen-bond donors (Lipinski definition) is 3. The molecule has 3 N–H and O–H groups in total. The Kier molecular flexibility index (Phi) is 11.8. The predicted molar refractivity (Wildman–Crippen MR) is 150 cm³/mol. The van der Waals surface area contributed by atoms with Gasteiger partial charge in [-0.05, 0) is 47.7 Å². The molecule has 192 valence electrons. The van der Waals surface area contributed by atoms with Gasteiger partial charge in [0.25, 0.3) is 0 Å². The number of anilines is 2. The summed E-state index contributed by atoms with van der Waals surface area (Å²) in [4.78, 5) is 25.3. The van der Waals surface area contributed by atoms with Crippen LogP contribution in [0.3, 0.4) is 0 Å². The number of unbranched alkanes of at least 4 members (excludes halogenated alkanes) is 2. The molecule has 3 rings (SSSR count). The van der Waals surface area contributed by atoms with Crippen molar-refractivity contribution in [3.05, 3.63) is 83.9 Å². The number of nitrogens with one attached hydrogen (secondary N) is 2. The summed E-state index contributed by atoms with van der Waals surface area (Å²) in [6, 6.07) is 23.9. The molecule has 0 saturated carbocycles. The molecule has 0 fully saturated rings. The standard InChI is InChI=1S/C29H35N3O3.ClH/c1-3-4-8-18-30-29(35)32(2)25-13-9-12-24(20-25)26-16-14-22(15-17-28(33)34)19-27(26)31-21-23-10-6-5-7-11-23;/h5-7,9-14,16,19-20,31H,3-4,8,15,17-18,21H2,1-2H3,(H,30,35)(H,33,34);1H. The van der Waals surface area contributed by atoms with Gasteiger partial charge in [0, 0.05) is 43.5 Å². The summed E-state index contributed by atoms with van der Waals surface area (Å²) in [5.74, 6) is -0.809. The van der Waals surface area contributed by atoms with E-state index in [0.717, 1.165) is 52.9 Å². The van der Waals surface area contributed by atoms with Crippen LogP contribution >= 0.6 is 12.4 Å². The second kappa shape index (κ2) is 14.8. The number of aliphatic carboxylic acids is 1. The summed E-state index contributed by atoms with van der Waals surface area (Å²) in [7, 11) is 1.78. The highest BCUT2D eigenvalue weighted by Gasteiger charge is 2.13. The molecule has 0 unspecified atom stereocenters. The maximum Gasteiger partial charge on any atom is 0.321 e. The van der Waals surface area contributed by atoms with E-state index in [9.17, 15) is 9.59 Å². The van der Waals surface area contributed by atoms with Crippen LogP contribution in [0, 0.1) is 0 Å². The molecule has 0 aliphatic heterocycles. The third kappa shape index (κ3) is 8.61. The molecule has 0 spiro atoms. The summed E-state index contributed by atoms with van der Waals surface area (Å²) >= 11 is 0. The monoisotopic (exact) mass is 509 g/mol. The number of urea groups is 1. The molecule has 0 aliphatic carbocycles. The Balaban J connectivity index is 0.00000456. The van der Waals surface area contributed by atoms with Crippen LogP contribution in [0.5, 0.6) is 0 Å². The molecular formula is C29H36ClN3O3. The quantitative estimate of drug-likeness (QED) is 0.236. The highest BCUT2D eigenvalue weighted by Crippen LogP contribution is 2.32. The first-order valence-electron chi connectivity index (χ1n) is 12.2. The van der Waals surface area contributed by atoms with Crippen LogP contribution in [0.1, 0.15) is 43.7 Å². The van der Waals surface area contributed by atoms with Gasteiger partial charge in [-0.1, -0.05) is 74.4 Å². The fraction of sp³-hybridized carbons (Fsp3) is 0.310. The predicted octanol–water partition coefficient (Wildman–Crippen LogP) is 6.74. The van der Waals surface area contributed by atoms with Crippen LogP contribution in [0.15, 0.2) is 72.8 Å². The van der Waals surface area contributed by atoms with Gasteiger partial charge in [0.15, 0.2) is 0 Å². The van der Waals surface area contributed by atoms with Crippen molar-refractivity contribution < 1.29 is 14.7 Å². The van der Waals surface area contributed by atoms with Gasteiger partial charge in [0.05, 0.1) is 0 Å². The third-order valence-electron chi connectivity index (χ3n) is 5.94. The molecule has 36 heavy (non-hydrogen) atoms. The Bertz CT molecular complexity index is 1120. The molecule has 0 aliphatic rings. The molecule has 2 amide bonds. The number of benzene rings is 3. The number of carboxylic acid groups (broad SMARTS) is 1. The number of halogens is 1. The lowest BCUT2D eigenvalue weighted by Gasteiger charge is -2.20. The lowest BCUT2D eigenvalue weighted by atomic mass is 9.98. The maximum absolute atomic E-state index is 12.6. The van der Waals surface area contributed by atoms with E-state index >= 15 is 0 Å². The summed E-state index contributed by atoms with van der Waals surface area (Å²) in [6.07, 6.45) is 3.74. The molecule has 3 aromatic rings. The molecular weight excluding hydrogens is 474 g/mol. The smallest absolute Gasteiger partial charge is 0.321 e. The Morgan fingerprint density at radius 2 is 1.69 bits per heavy atom. The molecule has 7 heteroatoms. The third-order valence-corrected chi connectivity index (χ3v) is 5.94. The van der Waals surface area contributed by atoms with Crippen LogP contribution < -0.4 is 15.5 Å². The van der Waals surface area contributed by atoms with Gasteiger partial charge in [-0.3, -0.25) is 9.69 Å². The van der Waals surface area contributed by atoms with Crippen molar-refractivity contribution >= 4 is 35.8 Å². The largest absolute Gasteiger partial charge is 0.481 e. The zero-order valence-corrected chi connectivity index (χ0v) is 21.8. The van der Waals surface area contributed by atoms with Crippen molar-refractivity contribution in [3.8, 4) is 11.1 Å². The fourth-order valence-electron chi connectivity index (χ4n) is 3.88. The highest BCUT2D eigenvalue weighted by molar-refractivity contribution is 5.92. The van der Waals surface area contributed by atoms with Gasteiger partial charge in [-0.2, -0.15) is 0 Å². The number of carbonyl (C=O) groups is 2. The first kappa shape index (κ1) is 28.7. The van der Waals surface area contributed by atoms with Crippen molar-refractivity contribution in [2.24, 2.45) is 0 Å². The van der Waals surface area contributed by atoms with E-state index in [4.69, 9.17) is 5.11 Å². The summed E-state index contributed by atoms with van der Waals surface area (Å²) in [5.41, 5.74) is 5.83. The highest BCUT2D eigenvalue weighted by atomic mass is 35.5. The molecule has 0 heterocycles. The van der Waals surface area contributed by atoms with Crippen LogP contribution in [0.25, 0.3) is 11.1 Å². The Morgan fingerprint density at radius 1 is 0.917 bits per heavy atom. The van der Waals surface area contributed by atoms with Gasteiger partial charge < -0.3 is 15.7 Å². The topological polar surface area (TPSA) is 81.7 Å². The zero-order chi connectivity index (χ0) is 25.0. The average molecular weight is 510 g/mol. The Labute approximate surface area is 220 Å². The van der Waals surface area contributed by atoms with E-state index < -0.39 is 5.97 Å². The minimum absolute atomic E-state index is 0. The lowest BCUT2D eigenvalue weighted by molar-refractivity contribution is -0.136. The molecule has 0 bridgehead atoms. The van der Waals surface area contributed by atoms with Gasteiger partial charge >= 0.3 is 12.0 Å². The van der Waals surface area contributed by atoms with Gasteiger partial charge in [-0.25, -0.2) is 4.79 Å². The van der Waals surface area contributed by atoms with E-state index in [-0.39, 0.29) is 24.9 Å². The van der Waals surface area contributed by atoms with Gasteiger partial charge in [-0.15, -0.1) is 12.4 Å². The molecule has 0 atom stereocenters. The number of hydrogen-bond acceptors (Lipinski definition) is 3. The molecule has 0 saturated heterocycles. The number of carbonyl (C=O) groups excluding carboxylic acids is 1. The van der Waals surface area contributed by atoms with Crippen LogP contribution in [0.4, 0.5) is 16.2 Å². The van der Waals surface area contributed by atoms with Crippen LogP contribution in [-0.4, -0.2) is 30.7 Å². The SMILES string of the molecule is CCCCCNC(=O)N(C)c1cccc(-c2ccc(CCC(=O)O)cc2NCc2ccccc2)c1.Cl. The first-order valence-corrected chi connectivity index (χ1v) is 12.2. The number of carboxylic acids is 1. The van der Waals surface area contributed by atoms with E-state index in [1.165, 1.54) is 0 Å². The van der Waals surface area contributed by atoms with E-state index in [1.54, 1.807) is 11.9 Å². The Morgan fingerprint density at radius 3 is 2.42 bits per heavy atom. The van der Waals surface area contributed by atoms with Crippen LogP contribution in [0.2, 0.25) is 0 Å². The second-order valence-electron chi connectivity index (χ2n) is 8.66. The van der Waals surface area contributed by atoms with E-state index in [0.29, 0.717) is 19.5 Å². The number of amides is 2. The van der Waals surface area contributed by atoms with Crippen molar-refractivity contribution in [1.82, 2.24) is 5.32 Å². The molecule has 6 nitrogen and oxygen atoms in total. The average Bonchev–Trinajstić information content (AvgIpc) is 2.89. The van der Waals surface area contributed by atoms with Crippen molar-refractivity contribution in [2.45, 2.75) is 45.6 Å². The minimum Gasteiger partial charge on any atom is -0.481 e. The minimum atomic E-state index is -0.809. The molecule has 3 aromatic carbocycles. The summed E-state index contributed by atoms with van der Waals surface area (Å²) < 4.78 is 0. The summed E-state index contributed by atoms with van der Waals surface area (Å²) in [5, 5.41) is 15.6. The second-order valence-corrected chi connectivity index (χ2v) is 8.66. The number of nitrogens with zero attached hydrogens (tertiary/aromatic N) is 1. The van der Waals surface area contributed by atoms with E-state index in [2.05, 4.69) is 29.7 Å². The first-order chi connectivity index (χ1) is 17.0.